The number of ether oxygens (including phenoxy) is 1. The van der Waals surface area contributed by atoms with Crippen LogP contribution in [0.4, 0.5) is 0 Å². The molecule has 3 nitrogen and oxygen atoms in total. The number of rotatable bonds is 5. The lowest BCUT2D eigenvalue weighted by atomic mass is 9.93. The van der Waals surface area contributed by atoms with Crippen molar-refractivity contribution < 1.29 is 9.53 Å². The minimum atomic E-state index is -0.529. The minimum absolute atomic E-state index is 0.0953. The summed E-state index contributed by atoms with van der Waals surface area (Å²) in [5.41, 5.74) is 0.186. The first-order chi connectivity index (χ1) is 8.03. The van der Waals surface area contributed by atoms with Crippen LogP contribution in [0, 0.1) is 0 Å². The molecule has 0 amide bonds. The first kappa shape index (κ1) is 12.1. The van der Waals surface area contributed by atoms with Crippen molar-refractivity contribution >= 4 is 5.78 Å². The van der Waals surface area contributed by atoms with Gasteiger partial charge in [0.05, 0.1) is 11.6 Å². The van der Waals surface area contributed by atoms with Crippen molar-refractivity contribution in [3.63, 3.8) is 0 Å². The molecule has 2 rings (SSSR count). The molecular formula is C14H19NO2. The fourth-order valence-corrected chi connectivity index (χ4v) is 1.54. The Bertz CT molecular complexity index is 405. The molecule has 0 aliphatic heterocycles. The minimum Gasteiger partial charge on any atom is -0.490 e. The number of carbonyl (C=O) groups is 1. The van der Waals surface area contributed by atoms with E-state index < -0.39 is 5.54 Å². The Morgan fingerprint density at radius 3 is 2.35 bits per heavy atom. The Balaban J connectivity index is 2.08. The predicted molar refractivity (Wildman–Crippen MR) is 67.6 cm³/mol. The molecule has 0 unspecified atom stereocenters. The van der Waals surface area contributed by atoms with E-state index in [1.54, 1.807) is 7.05 Å². The third kappa shape index (κ3) is 2.86. The van der Waals surface area contributed by atoms with Gasteiger partial charge in [0.25, 0.3) is 0 Å². The molecule has 0 radical (unpaired) electrons. The number of Topliss-reactive ketones (excluding diaryl/α,β-unsaturated/α-hetero) is 1. The smallest absolute Gasteiger partial charge is 0.182 e. The SMILES string of the molecule is CNC(C)(C)C(=O)c1ccc(OC2CC2)cc1. The largest absolute Gasteiger partial charge is 0.490 e. The summed E-state index contributed by atoms with van der Waals surface area (Å²) in [5.74, 6) is 0.948. The summed E-state index contributed by atoms with van der Waals surface area (Å²) in [7, 11) is 1.79. The van der Waals surface area contributed by atoms with E-state index in [0.29, 0.717) is 11.7 Å². The molecule has 0 saturated heterocycles. The molecule has 1 fully saturated rings. The molecule has 0 heterocycles. The number of benzene rings is 1. The predicted octanol–water partition coefficient (Wildman–Crippen LogP) is 2.41. The number of carbonyl (C=O) groups excluding carboxylic acids is 1. The number of ketones is 1. The maximum atomic E-state index is 12.1. The van der Waals surface area contributed by atoms with Crippen LogP contribution in [0.3, 0.4) is 0 Å². The van der Waals surface area contributed by atoms with Crippen LogP contribution in [0.5, 0.6) is 5.75 Å². The van der Waals surface area contributed by atoms with E-state index in [2.05, 4.69) is 5.32 Å². The maximum Gasteiger partial charge on any atom is 0.182 e. The van der Waals surface area contributed by atoms with Crippen molar-refractivity contribution in [3.05, 3.63) is 29.8 Å². The Morgan fingerprint density at radius 1 is 1.29 bits per heavy atom. The van der Waals surface area contributed by atoms with Crippen LogP contribution in [0.25, 0.3) is 0 Å². The van der Waals surface area contributed by atoms with Gasteiger partial charge in [-0.3, -0.25) is 4.79 Å². The number of hydrogen-bond donors (Lipinski definition) is 1. The molecule has 1 aromatic carbocycles. The zero-order valence-electron chi connectivity index (χ0n) is 10.6. The molecule has 1 aromatic rings. The van der Waals surface area contributed by atoms with Crippen molar-refractivity contribution in [1.82, 2.24) is 5.32 Å². The standard InChI is InChI=1S/C14H19NO2/c1-14(2,15-3)13(16)10-4-6-11(7-5-10)17-12-8-9-12/h4-7,12,15H,8-9H2,1-3H3. The van der Waals surface area contributed by atoms with E-state index >= 15 is 0 Å². The second kappa shape index (κ2) is 4.49. The summed E-state index contributed by atoms with van der Waals surface area (Å²) in [5, 5.41) is 3.02. The molecule has 1 saturated carbocycles. The number of hydrogen-bond acceptors (Lipinski definition) is 3. The zero-order chi connectivity index (χ0) is 12.5. The van der Waals surface area contributed by atoms with Gasteiger partial charge in [0.1, 0.15) is 5.75 Å². The van der Waals surface area contributed by atoms with Gasteiger partial charge in [-0.15, -0.1) is 0 Å². The number of likely N-dealkylation sites (N-methyl/N-ethyl adjacent to an activating group) is 1. The second-order valence-corrected chi connectivity index (χ2v) is 5.05. The summed E-state index contributed by atoms with van der Waals surface area (Å²) >= 11 is 0. The third-order valence-corrected chi connectivity index (χ3v) is 3.14. The Hall–Kier alpha value is -1.35. The highest BCUT2D eigenvalue weighted by Gasteiger charge is 2.27. The van der Waals surface area contributed by atoms with Crippen LogP contribution < -0.4 is 10.1 Å². The molecular weight excluding hydrogens is 214 g/mol. The van der Waals surface area contributed by atoms with Gasteiger partial charge in [-0.05, 0) is 58.0 Å². The average molecular weight is 233 g/mol. The monoisotopic (exact) mass is 233 g/mol. The van der Waals surface area contributed by atoms with Crippen molar-refractivity contribution in [2.24, 2.45) is 0 Å². The van der Waals surface area contributed by atoms with Crippen molar-refractivity contribution in [2.75, 3.05) is 7.05 Å². The lowest BCUT2D eigenvalue weighted by molar-refractivity contribution is 0.0889. The lowest BCUT2D eigenvalue weighted by Crippen LogP contribution is -2.44. The Labute approximate surface area is 102 Å². The van der Waals surface area contributed by atoms with E-state index in [9.17, 15) is 4.79 Å². The molecule has 1 aliphatic carbocycles. The Kier molecular flexibility index (Phi) is 3.20. The van der Waals surface area contributed by atoms with Crippen LogP contribution in [0.1, 0.15) is 37.0 Å². The first-order valence-electron chi connectivity index (χ1n) is 6.03. The molecule has 0 aromatic heterocycles. The fraction of sp³-hybridized carbons (Fsp3) is 0.500. The fourth-order valence-electron chi connectivity index (χ4n) is 1.54. The van der Waals surface area contributed by atoms with Gasteiger partial charge in [0.15, 0.2) is 5.78 Å². The van der Waals surface area contributed by atoms with Gasteiger partial charge < -0.3 is 10.1 Å². The molecule has 17 heavy (non-hydrogen) atoms. The van der Waals surface area contributed by atoms with Gasteiger partial charge in [-0.1, -0.05) is 0 Å². The molecule has 1 N–H and O–H groups in total. The lowest BCUT2D eigenvalue weighted by Gasteiger charge is -2.22. The summed E-state index contributed by atoms with van der Waals surface area (Å²) in [6.07, 6.45) is 2.69. The highest BCUT2D eigenvalue weighted by Crippen LogP contribution is 2.27. The highest BCUT2D eigenvalue weighted by atomic mass is 16.5. The number of nitrogens with one attached hydrogen (secondary N) is 1. The van der Waals surface area contributed by atoms with Gasteiger partial charge in [-0.2, -0.15) is 0 Å². The molecule has 92 valence electrons. The Morgan fingerprint density at radius 2 is 1.88 bits per heavy atom. The molecule has 0 spiro atoms. The van der Waals surface area contributed by atoms with E-state index in [1.165, 1.54) is 0 Å². The van der Waals surface area contributed by atoms with Crippen LogP contribution in [-0.2, 0) is 0 Å². The van der Waals surface area contributed by atoms with Gasteiger partial charge in [0.2, 0.25) is 0 Å². The topological polar surface area (TPSA) is 38.3 Å². The van der Waals surface area contributed by atoms with Crippen molar-refractivity contribution in [3.8, 4) is 5.75 Å². The van der Waals surface area contributed by atoms with Gasteiger partial charge in [0, 0.05) is 5.56 Å². The van der Waals surface area contributed by atoms with Crippen LogP contribution in [-0.4, -0.2) is 24.5 Å². The summed E-state index contributed by atoms with van der Waals surface area (Å²) in [6.45, 7) is 3.76. The highest BCUT2D eigenvalue weighted by molar-refractivity contribution is 6.02. The van der Waals surface area contributed by atoms with E-state index in [1.807, 2.05) is 38.1 Å². The summed E-state index contributed by atoms with van der Waals surface area (Å²) in [4.78, 5) is 12.1. The van der Waals surface area contributed by atoms with Crippen LogP contribution in [0.15, 0.2) is 24.3 Å². The normalized spacial score (nSPS) is 15.7. The average Bonchev–Trinajstić information content (AvgIpc) is 3.13. The summed E-state index contributed by atoms with van der Waals surface area (Å²) < 4.78 is 5.65. The third-order valence-electron chi connectivity index (χ3n) is 3.14. The molecule has 3 heteroatoms. The van der Waals surface area contributed by atoms with E-state index in [4.69, 9.17) is 4.74 Å². The van der Waals surface area contributed by atoms with Crippen molar-refractivity contribution in [1.29, 1.82) is 0 Å². The molecule has 0 bridgehead atoms. The van der Waals surface area contributed by atoms with Crippen molar-refractivity contribution in [2.45, 2.75) is 38.3 Å². The zero-order valence-corrected chi connectivity index (χ0v) is 10.6. The maximum absolute atomic E-state index is 12.1. The quantitative estimate of drug-likeness (QED) is 0.794. The van der Waals surface area contributed by atoms with Gasteiger partial charge >= 0.3 is 0 Å². The molecule has 0 atom stereocenters. The van der Waals surface area contributed by atoms with Gasteiger partial charge in [-0.25, -0.2) is 0 Å². The molecule has 1 aliphatic rings. The summed E-state index contributed by atoms with van der Waals surface area (Å²) in [6, 6.07) is 7.41. The van der Waals surface area contributed by atoms with Crippen LogP contribution >= 0.6 is 0 Å². The van der Waals surface area contributed by atoms with E-state index in [-0.39, 0.29) is 5.78 Å². The van der Waals surface area contributed by atoms with E-state index in [0.717, 1.165) is 18.6 Å². The second-order valence-electron chi connectivity index (χ2n) is 5.05. The van der Waals surface area contributed by atoms with Crippen LogP contribution in [0.2, 0.25) is 0 Å². The first-order valence-corrected chi connectivity index (χ1v) is 6.03.